The van der Waals surface area contributed by atoms with Gasteiger partial charge in [-0.05, 0) is 30.4 Å². The zero-order valence-electron chi connectivity index (χ0n) is 10.6. The van der Waals surface area contributed by atoms with Gasteiger partial charge in [0.1, 0.15) is 5.75 Å². The highest BCUT2D eigenvalue weighted by molar-refractivity contribution is 5.26. The van der Waals surface area contributed by atoms with Gasteiger partial charge < -0.3 is 10.5 Å². The van der Waals surface area contributed by atoms with E-state index in [4.69, 9.17) is 10.5 Å². The van der Waals surface area contributed by atoms with E-state index in [1.54, 1.807) is 13.3 Å². The maximum Gasteiger partial charge on any atom is 0.137 e. The molecule has 3 heteroatoms. The number of rotatable bonds is 3. The molecular weight excluding hydrogens is 212 g/mol. The molecule has 1 aliphatic carbocycles. The smallest absolute Gasteiger partial charge is 0.137 e. The van der Waals surface area contributed by atoms with Crippen LogP contribution in [0.25, 0.3) is 0 Å². The Labute approximate surface area is 103 Å². The molecule has 17 heavy (non-hydrogen) atoms. The molecule has 1 saturated carbocycles. The Morgan fingerprint density at radius 3 is 2.59 bits per heavy atom. The molecular formula is C14H22N2O. The molecule has 2 rings (SSSR count). The van der Waals surface area contributed by atoms with Crippen LogP contribution < -0.4 is 10.5 Å². The minimum absolute atomic E-state index is 0.107. The first-order chi connectivity index (χ1) is 8.31. The number of ether oxygens (including phenoxy) is 1. The minimum Gasteiger partial charge on any atom is -0.495 e. The van der Waals surface area contributed by atoms with Crippen LogP contribution in [0.15, 0.2) is 18.5 Å². The van der Waals surface area contributed by atoms with E-state index < -0.39 is 0 Å². The second-order valence-corrected chi connectivity index (χ2v) is 4.94. The standard InChI is InChI=1S/C14H22N2O/c1-17-13-8-12(9-16-10-13)14(15)11-6-4-2-3-5-7-11/h8-11,14H,2-7,15H2,1H3. The predicted octanol–water partition coefficient (Wildman–Crippen LogP) is 3.06. The quantitative estimate of drug-likeness (QED) is 0.818. The number of pyridine rings is 1. The summed E-state index contributed by atoms with van der Waals surface area (Å²) < 4.78 is 5.20. The largest absolute Gasteiger partial charge is 0.495 e. The van der Waals surface area contributed by atoms with E-state index in [-0.39, 0.29) is 6.04 Å². The summed E-state index contributed by atoms with van der Waals surface area (Å²) in [6.45, 7) is 0. The lowest BCUT2D eigenvalue weighted by Gasteiger charge is -2.22. The third kappa shape index (κ3) is 3.19. The summed E-state index contributed by atoms with van der Waals surface area (Å²) in [4.78, 5) is 4.19. The molecule has 1 fully saturated rings. The van der Waals surface area contributed by atoms with Crippen LogP contribution in [0.1, 0.15) is 50.1 Å². The van der Waals surface area contributed by atoms with Gasteiger partial charge in [-0.2, -0.15) is 0 Å². The lowest BCUT2D eigenvalue weighted by atomic mass is 9.88. The Hall–Kier alpha value is -1.09. The van der Waals surface area contributed by atoms with Crippen molar-refractivity contribution < 1.29 is 4.74 Å². The van der Waals surface area contributed by atoms with E-state index in [1.807, 2.05) is 12.3 Å². The van der Waals surface area contributed by atoms with Gasteiger partial charge in [0.05, 0.1) is 13.3 Å². The SMILES string of the molecule is COc1cncc(C(N)C2CCCCCC2)c1. The monoisotopic (exact) mass is 234 g/mol. The van der Waals surface area contributed by atoms with E-state index in [0.717, 1.165) is 11.3 Å². The predicted molar refractivity (Wildman–Crippen MR) is 68.9 cm³/mol. The van der Waals surface area contributed by atoms with Gasteiger partial charge in [-0.1, -0.05) is 25.7 Å². The summed E-state index contributed by atoms with van der Waals surface area (Å²) in [6.07, 6.45) is 11.4. The van der Waals surface area contributed by atoms with Gasteiger partial charge in [-0.25, -0.2) is 0 Å². The van der Waals surface area contributed by atoms with Crippen LogP contribution in [-0.4, -0.2) is 12.1 Å². The van der Waals surface area contributed by atoms with Crippen LogP contribution in [0.4, 0.5) is 0 Å². The fraction of sp³-hybridized carbons (Fsp3) is 0.643. The van der Waals surface area contributed by atoms with Crippen molar-refractivity contribution >= 4 is 0 Å². The van der Waals surface area contributed by atoms with Crippen molar-refractivity contribution in [2.24, 2.45) is 11.7 Å². The molecule has 3 nitrogen and oxygen atoms in total. The Balaban J connectivity index is 2.08. The molecule has 1 heterocycles. The highest BCUT2D eigenvalue weighted by Crippen LogP contribution is 2.32. The van der Waals surface area contributed by atoms with Gasteiger partial charge in [-0.15, -0.1) is 0 Å². The zero-order valence-corrected chi connectivity index (χ0v) is 10.6. The van der Waals surface area contributed by atoms with Gasteiger partial charge in [0.15, 0.2) is 0 Å². The highest BCUT2D eigenvalue weighted by atomic mass is 16.5. The van der Waals surface area contributed by atoms with Gasteiger partial charge in [-0.3, -0.25) is 4.98 Å². The van der Waals surface area contributed by atoms with Crippen molar-refractivity contribution in [3.63, 3.8) is 0 Å². The summed E-state index contributed by atoms with van der Waals surface area (Å²) in [5.41, 5.74) is 7.47. The molecule has 0 aliphatic heterocycles. The van der Waals surface area contributed by atoms with Crippen molar-refractivity contribution in [1.29, 1.82) is 0 Å². The van der Waals surface area contributed by atoms with Crippen LogP contribution in [0.2, 0.25) is 0 Å². The summed E-state index contributed by atoms with van der Waals surface area (Å²) in [5.74, 6) is 1.40. The summed E-state index contributed by atoms with van der Waals surface area (Å²) in [6, 6.07) is 2.12. The molecule has 94 valence electrons. The zero-order chi connectivity index (χ0) is 12.1. The average Bonchev–Trinajstić information content (AvgIpc) is 2.67. The fourth-order valence-electron chi connectivity index (χ4n) is 2.67. The summed E-state index contributed by atoms with van der Waals surface area (Å²) in [5, 5.41) is 0. The highest BCUT2D eigenvalue weighted by Gasteiger charge is 2.21. The van der Waals surface area contributed by atoms with Crippen LogP contribution in [0.5, 0.6) is 5.75 Å². The molecule has 1 aromatic heterocycles. The van der Waals surface area contributed by atoms with E-state index in [1.165, 1.54) is 38.5 Å². The Morgan fingerprint density at radius 1 is 1.24 bits per heavy atom. The Kier molecular flexibility index (Phi) is 4.37. The normalized spacial score (nSPS) is 19.6. The van der Waals surface area contributed by atoms with E-state index in [2.05, 4.69) is 4.98 Å². The number of nitrogens with zero attached hydrogens (tertiary/aromatic N) is 1. The third-order valence-corrected chi connectivity index (χ3v) is 3.76. The van der Waals surface area contributed by atoms with Crippen LogP contribution in [0.3, 0.4) is 0 Å². The Bertz CT molecular complexity index is 346. The molecule has 1 unspecified atom stereocenters. The molecule has 0 bridgehead atoms. The topological polar surface area (TPSA) is 48.1 Å². The van der Waals surface area contributed by atoms with Crippen molar-refractivity contribution in [3.05, 3.63) is 24.0 Å². The molecule has 1 atom stereocenters. The molecule has 1 aliphatic rings. The van der Waals surface area contributed by atoms with Crippen molar-refractivity contribution in [3.8, 4) is 5.75 Å². The fourth-order valence-corrected chi connectivity index (χ4v) is 2.67. The third-order valence-electron chi connectivity index (χ3n) is 3.76. The second kappa shape index (κ2) is 6.01. The number of hydrogen-bond donors (Lipinski definition) is 1. The first kappa shape index (κ1) is 12.4. The van der Waals surface area contributed by atoms with Crippen LogP contribution >= 0.6 is 0 Å². The van der Waals surface area contributed by atoms with Crippen LogP contribution in [0, 0.1) is 5.92 Å². The average molecular weight is 234 g/mol. The molecule has 0 radical (unpaired) electrons. The second-order valence-electron chi connectivity index (χ2n) is 4.94. The maximum absolute atomic E-state index is 6.37. The van der Waals surface area contributed by atoms with E-state index >= 15 is 0 Å². The Morgan fingerprint density at radius 2 is 1.94 bits per heavy atom. The number of hydrogen-bond acceptors (Lipinski definition) is 3. The number of methoxy groups -OCH3 is 1. The first-order valence-electron chi connectivity index (χ1n) is 6.56. The molecule has 0 spiro atoms. The van der Waals surface area contributed by atoms with Gasteiger partial charge in [0.2, 0.25) is 0 Å². The van der Waals surface area contributed by atoms with Crippen LogP contribution in [-0.2, 0) is 0 Å². The molecule has 0 saturated heterocycles. The van der Waals surface area contributed by atoms with Gasteiger partial charge >= 0.3 is 0 Å². The lowest BCUT2D eigenvalue weighted by Crippen LogP contribution is -2.21. The van der Waals surface area contributed by atoms with Crippen molar-refractivity contribution in [1.82, 2.24) is 4.98 Å². The number of aromatic nitrogens is 1. The maximum atomic E-state index is 6.37. The van der Waals surface area contributed by atoms with E-state index in [9.17, 15) is 0 Å². The lowest BCUT2D eigenvalue weighted by molar-refractivity contribution is 0.377. The van der Waals surface area contributed by atoms with Gasteiger partial charge in [0.25, 0.3) is 0 Å². The van der Waals surface area contributed by atoms with E-state index in [0.29, 0.717) is 5.92 Å². The number of nitrogens with two attached hydrogens (primary N) is 1. The molecule has 2 N–H and O–H groups in total. The first-order valence-corrected chi connectivity index (χ1v) is 6.56. The van der Waals surface area contributed by atoms with Crippen molar-refractivity contribution in [2.45, 2.75) is 44.6 Å². The van der Waals surface area contributed by atoms with Crippen molar-refractivity contribution in [2.75, 3.05) is 7.11 Å². The summed E-state index contributed by atoms with van der Waals surface area (Å²) >= 11 is 0. The molecule has 0 aromatic carbocycles. The minimum atomic E-state index is 0.107. The molecule has 0 amide bonds. The molecule has 1 aromatic rings. The summed E-state index contributed by atoms with van der Waals surface area (Å²) in [7, 11) is 1.66. The van der Waals surface area contributed by atoms with Gasteiger partial charge in [0, 0.05) is 12.2 Å².